The first-order chi connectivity index (χ1) is 12.6. The van der Waals surface area contributed by atoms with Gasteiger partial charge in [-0.15, -0.1) is 0 Å². The highest BCUT2D eigenvalue weighted by Gasteiger charge is 2.22. The molecule has 5 nitrogen and oxygen atoms in total. The molecule has 0 saturated heterocycles. The average Bonchev–Trinajstić information content (AvgIpc) is 2.59. The maximum atomic E-state index is 12.6. The van der Waals surface area contributed by atoms with Gasteiger partial charge in [0.2, 0.25) is 15.9 Å². The lowest BCUT2D eigenvalue weighted by molar-refractivity contribution is -0.120. The third-order valence-electron chi connectivity index (χ3n) is 4.65. The number of amides is 1. The van der Waals surface area contributed by atoms with Crippen LogP contribution >= 0.6 is 0 Å². The van der Waals surface area contributed by atoms with Gasteiger partial charge in [0, 0.05) is 0 Å². The van der Waals surface area contributed by atoms with E-state index in [1.54, 1.807) is 18.2 Å². The van der Waals surface area contributed by atoms with Crippen LogP contribution in [0.15, 0.2) is 42.5 Å². The van der Waals surface area contributed by atoms with Crippen molar-refractivity contribution in [3.63, 3.8) is 0 Å². The Balaban J connectivity index is 2.20. The first-order valence-electron chi connectivity index (χ1n) is 9.02. The minimum atomic E-state index is -3.58. The molecule has 0 aromatic heterocycles. The Bertz CT molecular complexity index is 923. The Kier molecular flexibility index (Phi) is 6.65. The summed E-state index contributed by atoms with van der Waals surface area (Å²) >= 11 is 0. The van der Waals surface area contributed by atoms with E-state index >= 15 is 0 Å². The predicted molar refractivity (Wildman–Crippen MR) is 110 cm³/mol. The largest absolute Gasteiger partial charge is 0.348 e. The van der Waals surface area contributed by atoms with Crippen molar-refractivity contribution in [1.29, 1.82) is 0 Å². The van der Waals surface area contributed by atoms with E-state index in [0.29, 0.717) is 5.69 Å². The molecular weight excluding hydrogens is 360 g/mol. The van der Waals surface area contributed by atoms with Gasteiger partial charge in [-0.3, -0.25) is 9.10 Å². The molecule has 0 radical (unpaired) electrons. The van der Waals surface area contributed by atoms with Crippen molar-refractivity contribution < 1.29 is 13.2 Å². The Morgan fingerprint density at radius 3 is 2.33 bits per heavy atom. The van der Waals surface area contributed by atoms with Crippen LogP contribution in [0, 0.1) is 20.8 Å². The second kappa shape index (κ2) is 8.57. The summed E-state index contributed by atoms with van der Waals surface area (Å²) in [6, 6.07) is 13.1. The van der Waals surface area contributed by atoms with Crippen LogP contribution in [0.1, 0.15) is 41.6 Å². The molecular formula is C21H28N2O3S. The highest BCUT2D eigenvalue weighted by Crippen LogP contribution is 2.21. The number of nitrogens with one attached hydrogen (secondary N) is 1. The van der Waals surface area contributed by atoms with E-state index in [4.69, 9.17) is 0 Å². The lowest BCUT2D eigenvalue weighted by Gasteiger charge is -2.24. The maximum absolute atomic E-state index is 12.6. The van der Waals surface area contributed by atoms with Gasteiger partial charge in [-0.05, 0) is 61.6 Å². The van der Waals surface area contributed by atoms with Crippen LogP contribution in [-0.4, -0.2) is 27.1 Å². The Labute approximate surface area is 162 Å². The van der Waals surface area contributed by atoms with Gasteiger partial charge < -0.3 is 5.32 Å². The topological polar surface area (TPSA) is 66.5 Å². The fourth-order valence-corrected chi connectivity index (χ4v) is 3.80. The molecule has 1 N–H and O–H groups in total. The van der Waals surface area contributed by atoms with Crippen LogP contribution in [0.4, 0.5) is 5.69 Å². The lowest BCUT2D eigenvalue weighted by atomic mass is 9.99. The van der Waals surface area contributed by atoms with Crippen molar-refractivity contribution >= 4 is 21.6 Å². The van der Waals surface area contributed by atoms with E-state index in [0.717, 1.165) is 33.7 Å². The molecule has 0 fully saturated rings. The van der Waals surface area contributed by atoms with Crippen molar-refractivity contribution in [1.82, 2.24) is 5.32 Å². The number of nitrogens with zero attached hydrogens (tertiary/aromatic N) is 1. The molecule has 0 spiro atoms. The molecule has 0 aliphatic carbocycles. The summed E-state index contributed by atoms with van der Waals surface area (Å²) in [6.07, 6.45) is 1.83. The molecule has 0 aliphatic heterocycles. The number of hydrogen-bond donors (Lipinski definition) is 1. The van der Waals surface area contributed by atoms with Crippen molar-refractivity contribution in [3.05, 3.63) is 64.7 Å². The fourth-order valence-electron chi connectivity index (χ4n) is 2.96. The van der Waals surface area contributed by atoms with E-state index in [-0.39, 0.29) is 18.5 Å². The van der Waals surface area contributed by atoms with Gasteiger partial charge in [0.1, 0.15) is 6.54 Å². The van der Waals surface area contributed by atoms with Gasteiger partial charge in [-0.2, -0.15) is 0 Å². The van der Waals surface area contributed by atoms with E-state index in [2.05, 4.69) is 11.4 Å². The van der Waals surface area contributed by atoms with Gasteiger partial charge >= 0.3 is 0 Å². The predicted octanol–water partition coefficient (Wildman–Crippen LogP) is 3.65. The van der Waals surface area contributed by atoms with E-state index in [9.17, 15) is 13.2 Å². The molecule has 6 heteroatoms. The number of carbonyl (C=O) groups is 1. The zero-order valence-corrected chi connectivity index (χ0v) is 17.4. The molecule has 2 rings (SSSR count). The van der Waals surface area contributed by atoms with Crippen LogP contribution in [0.25, 0.3) is 0 Å². The highest BCUT2D eigenvalue weighted by molar-refractivity contribution is 7.92. The third-order valence-corrected chi connectivity index (χ3v) is 5.79. The monoisotopic (exact) mass is 388 g/mol. The zero-order valence-electron chi connectivity index (χ0n) is 16.6. The van der Waals surface area contributed by atoms with E-state index < -0.39 is 10.0 Å². The molecule has 0 saturated carbocycles. The molecule has 0 bridgehead atoms. The summed E-state index contributed by atoms with van der Waals surface area (Å²) in [4.78, 5) is 12.6. The smallest absolute Gasteiger partial charge is 0.241 e. The number of sulfonamides is 1. The van der Waals surface area contributed by atoms with Gasteiger partial charge in [-0.1, -0.05) is 37.3 Å². The first kappa shape index (κ1) is 21.0. The van der Waals surface area contributed by atoms with Crippen molar-refractivity contribution in [2.75, 3.05) is 17.1 Å². The standard InChI is InChI=1S/C21H28N2O3S/c1-6-20(18-11-10-16(3)17(4)13-18)22-21(24)14-23(27(5,25)26)19-9-7-8-15(2)12-19/h7-13,20H,6,14H2,1-5H3,(H,22,24)/t20-/m0/s1. The highest BCUT2D eigenvalue weighted by atomic mass is 32.2. The minimum absolute atomic E-state index is 0.157. The number of carbonyl (C=O) groups excluding carboxylic acids is 1. The summed E-state index contributed by atoms with van der Waals surface area (Å²) in [7, 11) is -3.58. The number of hydrogen-bond acceptors (Lipinski definition) is 3. The number of rotatable bonds is 7. The summed E-state index contributed by atoms with van der Waals surface area (Å²) < 4.78 is 25.6. The SMILES string of the molecule is CC[C@H](NC(=O)CN(c1cccc(C)c1)S(C)(=O)=O)c1ccc(C)c(C)c1. The number of benzene rings is 2. The van der Waals surface area contributed by atoms with E-state index in [1.807, 2.05) is 45.9 Å². The summed E-state index contributed by atoms with van der Waals surface area (Å²) in [5, 5.41) is 2.97. The Morgan fingerprint density at radius 2 is 1.78 bits per heavy atom. The van der Waals surface area contributed by atoms with E-state index in [1.165, 1.54) is 5.56 Å². The number of anilines is 1. The Morgan fingerprint density at radius 1 is 1.07 bits per heavy atom. The van der Waals surface area contributed by atoms with Crippen LogP contribution in [0.2, 0.25) is 0 Å². The number of aryl methyl sites for hydroxylation is 3. The molecule has 27 heavy (non-hydrogen) atoms. The van der Waals surface area contributed by atoms with Crippen molar-refractivity contribution in [3.8, 4) is 0 Å². The van der Waals surface area contributed by atoms with Crippen molar-refractivity contribution in [2.45, 2.75) is 40.2 Å². The fraction of sp³-hybridized carbons (Fsp3) is 0.381. The lowest BCUT2D eigenvalue weighted by Crippen LogP contribution is -2.41. The molecule has 0 unspecified atom stereocenters. The van der Waals surface area contributed by atoms with Crippen LogP contribution in [0.5, 0.6) is 0 Å². The normalized spacial score (nSPS) is 12.5. The van der Waals surface area contributed by atoms with Crippen LogP contribution < -0.4 is 9.62 Å². The summed E-state index contributed by atoms with van der Waals surface area (Å²) in [5.74, 6) is -0.327. The molecule has 0 heterocycles. The minimum Gasteiger partial charge on any atom is -0.348 e. The second-order valence-corrected chi connectivity index (χ2v) is 8.89. The average molecular weight is 389 g/mol. The van der Waals surface area contributed by atoms with Gasteiger partial charge in [0.05, 0.1) is 18.0 Å². The first-order valence-corrected chi connectivity index (χ1v) is 10.9. The van der Waals surface area contributed by atoms with Gasteiger partial charge in [-0.25, -0.2) is 8.42 Å². The third kappa shape index (κ3) is 5.57. The van der Waals surface area contributed by atoms with Gasteiger partial charge in [0.25, 0.3) is 0 Å². The molecule has 2 aromatic rings. The van der Waals surface area contributed by atoms with Crippen molar-refractivity contribution in [2.24, 2.45) is 0 Å². The summed E-state index contributed by atoms with van der Waals surface area (Å²) in [6.45, 7) is 7.72. The van der Waals surface area contributed by atoms with Crippen LogP contribution in [-0.2, 0) is 14.8 Å². The second-order valence-electron chi connectivity index (χ2n) is 6.98. The van der Waals surface area contributed by atoms with Crippen LogP contribution in [0.3, 0.4) is 0 Å². The Hall–Kier alpha value is -2.34. The molecule has 146 valence electrons. The maximum Gasteiger partial charge on any atom is 0.241 e. The quantitative estimate of drug-likeness (QED) is 0.787. The zero-order chi connectivity index (χ0) is 20.2. The van der Waals surface area contributed by atoms with Gasteiger partial charge in [0.15, 0.2) is 0 Å². The molecule has 1 amide bonds. The molecule has 1 atom stereocenters. The summed E-state index contributed by atoms with van der Waals surface area (Å²) in [5.41, 5.74) is 4.81. The molecule has 0 aliphatic rings. The molecule has 2 aromatic carbocycles.